The summed E-state index contributed by atoms with van der Waals surface area (Å²) in [6, 6.07) is 5.31. The van der Waals surface area contributed by atoms with Gasteiger partial charge in [-0.1, -0.05) is 24.8 Å². The van der Waals surface area contributed by atoms with Crippen molar-refractivity contribution in [3.63, 3.8) is 0 Å². The summed E-state index contributed by atoms with van der Waals surface area (Å²) in [4.78, 5) is 23.9. The largest absolute Gasteiger partial charge is 0.573 e. The number of carbonyl (C=O) groups is 1. The topological polar surface area (TPSA) is 63.5 Å². The summed E-state index contributed by atoms with van der Waals surface area (Å²) < 4.78 is 46.9. The number of benzene rings is 1. The Hall–Kier alpha value is -3.38. The van der Waals surface area contributed by atoms with Gasteiger partial charge in [0.2, 0.25) is 0 Å². The van der Waals surface area contributed by atoms with E-state index in [0.717, 1.165) is 0 Å². The van der Waals surface area contributed by atoms with E-state index in [2.05, 4.69) is 26.6 Å². The molecule has 1 aliphatic carbocycles. The van der Waals surface area contributed by atoms with Crippen molar-refractivity contribution in [2.24, 2.45) is 15.9 Å². The Morgan fingerprint density at radius 1 is 1.26 bits per heavy atom. The summed E-state index contributed by atoms with van der Waals surface area (Å²) in [6.45, 7) is 5.72. The van der Waals surface area contributed by atoms with Crippen LogP contribution in [-0.2, 0) is 9.53 Å². The van der Waals surface area contributed by atoms with Crippen LogP contribution in [0.3, 0.4) is 0 Å². The maximum atomic E-state index is 13.4. The van der Waals surface area contributed by atoms with Gasteiger partial charge in [-0.15, -0.1) is 13.2 Å². The summed E-state index contributed by atoms with van der Waals surface area (Å²) >= 11 is 0. The number of aliphatic imine (C=N–C) groups is 2. The van der Waals surface area contributed by atoms with Crippen LogP contribution in [0, 0.1) is 17.8 Å². The molecular formula is C25H24F3N3O3. The van der Waals surface area contributed by atoms with Gasteiger partial charge in [-0.3, -0.25) is 9.79 Å². The lowest BCUT2D eigenvalue weighted by molar-refractivity contribution is -0.274. The van der Waals surface area contributed by atoms with Gasteiger partial charge in [0, 0.05) is 42.8 Å². The average Bonchev–Trinajstić information content (AvgIpc) is 2.90. The van der Waals surface area contributed by atoms with E-state index < -0.39 is 12.0 Å². The third-order valence-corrected chi connectivity index (χ3v) is 5.69. The maximum Gasteiger partial charge on any atom is 0.573 e. The Labute approximate surface area is 195 Å². The second-order valence-corrected chi connectivity index (χ2v) is 8.56. The predicted octanol–water partition coefficient (Wildman–Crippen LogP) is 3.93. The Balaban J connectivity index is 1.50. The van der Waals surface area contributed by atoms with Crippen molar-refractivity contribution in [3.05, 3.63) is 53.1 Å². The summed E-state index contributed by atoms with van der Waals surface area (Å²) in [6.07, 6.45) is 1.22. The fraction of sp³-hybridized carbons (Fsp3) is 0.400. The number of amides is 1. The summed E-state index contributed by atoms with van der Waals surface area (Å²) in [5, 5.41) is 0. The minimum atomic E-state index is -4.74. The Morgan fingerprint density at radius 3 is 2.71 bits per heavy atom. The lowest BCUT2D eigenvalue weighted by atomic mass is 9.84. The number of halogens is 3. The number of carbonyl (C=O) groups excluding carboxylic acids is 1. The predicted molar refractivity (Wildman–Crippen MR) is 122 cm³/mol. The first-order valence-electron chi connectivity index (χ1n) is 10.9. The maximum absolute atomic E-state index is 13.4. The van der Waals surface area contributed by atoms with E-state index in [1.807, 2.05) is 26.1 Å². The lowest BCUT2D eigenvalue weighted by Crippen LogP contribution is -2.41. The first-order chi connectivity index (χ1) is 16.1. The number of alkyl halides is 3. The molecule has 0 spiro atoms. The van der Waals surface area contributed by atoms with Crippen molar-refractivity contribution in [3.8, 4) is 17.6 Å². The number of allylic oxidation sites excluding steroid dienone is 2. The van der Waals surface area contributed by atoms with Crippen LogP contribution in [-0.4, -0.2) is 61.1 Å². The smallest absolute Gasteiger partial charge is 0.406 e. The average molecular weight is 471 g/mol. The van der Waals surface area contributed by atoms with Crippen LogP contribution in [0.25, 0.3) is 0 Å². The van der Waals surface area contributed by atoms with E-state index in [9.17, 15) is 18.0 Å². The monoisotopic (exact) mass is 471 g/mol. The van der Waals surface area contributed by atoms with Crippen molar-refractivity contribution in [2.75, 3.05) is 26.2 Å². The van der Waals surface area contributed by atoms with E-state index in [0.29, 0.717) is 55.2 Å². The first kappa shape index (κ1) is 23.8. The molecule has 3 aliphatic rings. The molecule has 1 saturated heterocycles. The van der Waals surface area contributed by atoms with Crippen LogP contribution >= 0.6 is 0 Å². The number of nitrogens with zero attached hydrogens (tertiary/aromatic N) is 3. The number of fused-ring (bicyclic) bond motifs is 1. The minimum Gasteiger partial charge on any atom is -0.406 e. The number of hydrogen-bond acceptors (Lipinski definition) is 5. The standard InChI is InChI=1S/C25H24F3N3O3/c1-17-14-29-22(30-15-17)16-31-11-12-33-24(2)10-9-19(13-21(24)23(31)32)4-3-18-5-7-20(8-6-18)34-25(26,27)28/h5-9,13-14,17H,10-12,15-16H2,1-2H3. The van der Waals surface area contributed by atoms with Crippen molar-refractivity contribution in [1.29, 1.82) is 0 Å². The molecule has 0 bridgehead atoms. The second-order valence-electron chi connectivity index (χ2n) is 8.56. The molecule has 2 aliphatic heterocycles. The Bertz CT molecular complexity index is 1140. The molecule has 0 radical (unpaired) electrons. The van der Waals surface area contributed by atoms with E-state index in [-0.39, 0.29) is 17.6 Å². The highest BCUT2D eigenvalue weighted by Gasteiger charge is 2.40. The molecular weight excluding hydrogens is 447 g/mol. The SMILES string of the molecule is CC1C=NC(CN2CCOC3(C)CC=C(C#Cc4ccc(OC(F)(F)F)cc4)C=C3C2=O)=NC1. The van der Waals surface area contributed by atoms with Gasteiger partial charge in [0.1, 0.15) is 11.6 Å². The van der Waals surface area contributed by atoms with Gasteiger partial charge >= 0.3 is 6.36 Å². The molecule has 0 saturated carbocycles. The van der Waals surface area contributed by atoms with Crippen molar-refractivity contribution >= 4 is 18.0 Å². The number of ether oxygens (including phenoxy) is 2. The van der Waals surface area contributed by atoms with E-state index in [1.165, 1.54) is 24.3 Å². The molecule has 34 heavy (non-hydrogen) atoms. The lowest BCUT2D eigenvalue weighted by Gasteiger charge is -2.31. The number of amidine groups is 1. The van der Waals surface area contributed by atoms with E-state index in [4.69, 9.17) is 4.74 Å². The van der Waals surface area contributed by atoms with Crippen molar-refractivity contribution < 1.29 is 27.4 Å². The van der Waals surface area contributed by atoms with Gasteiger partial charge in [-0.05, 0) is 37.3 Å². The van der Waals surface area contributed by atoms with Crippen LogP contribution in [0.4, 0.5) is 13.2 Å². The van der Waals surface area contributed by atoms with Crippen molar-refractivity contribution in [1.82, 2.24) is 4.90 Å². The highest BCUT2D eigenvalue weighted by molar-refractivity contribution is 6.01. The molecule has 178 valence electrons. The molecule has 2 unspecified atom stereocenters. The fourth-order valence-corrected chi connectivity index (χ4v) is 3.79. The third-order valence-electron chi connectivity index (χ3n) is 5.69. The molecule has 1 fully saturated rings. The second kappa shape index (κ2) is 9.47. The van der Waals surface area contributed by atoms with Crippen molar-refractivity contribution in [2.45, 2.75) is 32.2 Å². The van der Waals surface area contributed by atoms with Gasteiger partial charge in [-0.2, -0.15) is 0 Å². The fourth-order valence-electron chi connectivity index (χ4n) is 3.79. The highest BCUT2D eigenvalue weighted by atomic mass is 19.4. The molecule has 6 nitrogen and oxygen atoms in total. The number of rotatable bonds is 3. The quantitative estimate of drug-likeness (QED) is 0.628. The molecule has 2 heterocycles. The molecule has 2 atom stereocenters. The van der Waals surface area contributed by atoms with E-state index >= 15 is 0 Å². The Kier molecular flexibility index (Phi) is 6.62. The molecule has 0 N–H and O–H groups in total. The zero-order valence-corrected chi connectivity index (χ0v) is 18.9. The van der Waals surface area contributed by atoms with Crippen LogP contribution in [0.5, 0.6) is 5.75 Å². The van der Waals surface area contributed by atoms with E-state index in [1.54, 1.807) is 11.0 Å². The first-order valence-corrected chi connectivity index (χ1v) is 10.9. The number of hydrogen-bond donors (Lipinski definition) is 0. The van der Waals surface area contributed by atoms with Gasteiger partial charge < -0.3 is 14.4 Å². The third kappa shape index (κ3) is 5.75. The molecule has 1 aromatic rings. The normalized spacial score (nSPS) is 24.7. The van der Waals surface area contributed by atoms with Gasteiger partial charge in [0.05, 0.1) is 24.3 Å². The van der Waals surface area contributed by atoms with Crippen LogP contribution in [0.2, 0.25) is 0 Å². The molecule has 4 rings (SSSR count). The summed E-state index contributed by atoms with van der Waals surface area (Å²) in [7, 11) is 0. The van der Waals surface area contributed by atoms with Crippen LogP contribution < -0.4 is 4.74 Å². The zero-order chi connectivity index (χ0) is 24.3. The van der Waals surface area contributed by atoms with Gasteiger partial charge in [-0.25, -0.2) is 4.99 Å². The highest BCUT2D eigenvalue weighted by Crippen LogP contribution is 2.34. The molecule has 1 aromatic carbocycles. The minimum absolute atomic E-state index is 0.141. The molecule has 1 amide bonds. The van der Waals surface area contributed by atoms with Gasteiger partial charge in [0.15, 0.2) is 0 Å². The van der Waals surface area contributed by atoms with Crippen LogP contribution in [0.1, 0.15) is 25.8 Å². The Morgan fingerprint density at radius 2 is 2.03 bits per heavy atom. The molecule has 0 aromatic heterocycles. The van der Waals surface area contributed by atoms with Gasteiger partial charge in [0.25, 0.3) is 5.91 Å². The summed E-state index contributed by atoms with van der Waals surface area (Å²) in [5.41, 5.74) is 0.928. The zero-order valence-electron chi connectivity index (χ0n) is 18.9. The summed E-state index contributed by atoms with van der Waals surface area (Å²) in [5.74, 6) is 6.38. The van der Waals surface area contributed by atoms with Crippen LogP contribution in [0.15, 0.2) is 57.5 Å². The molecule has 9 heteroatoms.